The molecule has 0 aliphatic carbocycles. The van der Waals surface area contributed by atoms with Crippen LogP contribution in [0.1, 0.15) is 0 Å². The highest BCUT2D eigenvalue weighted by Gasteiger charge is 2.12. The van der Waals surface area contributed by atoms with Crippen LogP contribution in [0.15, 0.2) is 47.4 Å². The maximum absolute atomic E-state index is 12.7. The zero-order chi connectivity index (χ0) is 17.8. The Morgan fingerprint density at radius 3 is 2.77 bits per heavy atom. The number of aromatic amines is 1. The van der Waals surface area contributed by atoms with Crippen LogP contribution in [-0.4, -0.2) is 59.2 Å². The first kappa shape index (κ1) is 16.7. The molecule has 3 aromatic rings. The summed E-state index contributed by atoms with van der Waals surface area (Å²) in [5.41, 5.74) is 2.07. The van der Waals surface area contributed by atoms with Crippen LogP contribution >= 0.6 is 0 Å². The summed E-state index contributed by atoms with van der Waals surface area (Å²) in [6.45, 7) is 5.00. The van der Waals surface area contributed by atoms with E-state index in [4.69, 9.17) is 4.74 Å². The number of nitrogens with one attached hydrogen (secondary N) is 2. The Labute approximate surface area is 151 Å². The molecule has 7 nitrogen and oxygen atoms in total. The first-order valence-electron chi connectivity index (χ1n) is 8.80. The van der Waals surface area contributed by atoms with Crippen LogP contribution in [0.3, 0.4) is 0 Å². The SMILES string of the molecule is O=c1[nH]c(NCCN2CCOCC2)nc2nccc(-c3ccccc3)c12. The van der Waals surface area contributed by atoms with Gasteiger partial charge >= 0.3 is 0 Å². The van der Waals surface area contributed by atoms with E-state index in [1.54, 1.807) is 6.20 Å². The van der Waals surface area contributed by atoms with Gasteiger partial charge in [0.05, 0.1) is 18.6 Å². The molecule has 2 N–H and O–H groups in total. The molecular weight excluding hydrogens is 330 g/mol. The van der Waals surface area contributed by atoms with Gasteiger partial charge in [0.1, 0.15) is 0 Å². The van der Waals surface area contributed by atoms with Gasteiger partial charge in [-0.2, -0.15) is 4.98 Å². The highest BCUT2D eigenvalue weighted by Crippen LogP contribution is 2.24. The summed E-state index contributed by atoms with van der Waals surface area (Å²) >= 11 is 0. The van der Waals surface area contributed by atoms with Crippen molar-refractivity contribution in [3.63, 3.8) is 0 Å². The summed E-state index contributed by atoms with van der Waals surface area (Å²) in [4.78, 5) is 26.6. The predicted molar refractivity (Wildman–Crippen MR) is 101 cm³/mol. The molecule has 0 atom stereocenters. The average Bonchev–Trinajstić information content (AvgIpc) is 2.69. The molecule has 1 saturated heterocycles. The highest BCUT2D eigenvalue weighted by atomic mass is 16.5. The number of H-pyrrole nitrogens is 1. The van der Waals surface area contributed by atoms with Crippen molar-refractivity contribution in [2.75, 3.05) is 44.7 Å². The fourth-order valence-corrected chi connectivity index (χ4v) is 3.16. The lowest BCUT2D eigenvalue weighted by Gasteiger charge is -2.26. The Kier molecular flexibility index (Phi) is 4.90. The maximum Gasteiger partial charge on any atom is 0.262 e. The molecule has 1 aromatic carbocycles. The normalized spacial score (nSPS) is 15.2. The second kappa shape index (κ2) is 7.63. The number of fused-ring (bicyclic) bond motifs is 1. The molecule has 2 aromatic heterocycles. The quantitative estimate of drug-likeness (QED) is 0.728. The van der Waals surface area contributed by atoms with Crippen molar-refractivity contribution >= 4 is 17.0 Å². The molecule has 7 heteroatoms. The van der Waals surface area contributed by atoms with Gasteiger partial charge < -0.3 is 10.1 Å². The van der Waals surface area contributed by atoms with E-state index in [1.165, 1.54) is 0 Å². The lowest BCUT2D eigenvalue weighted by molar-refractivity contribution is 0.0398. The van der Waals surface area contributed by atoms with Gasteiger partial charge in [-0.1, -0.05) is 30.3 Å². The molecule has 1 aliphatic heterocycles. The molecule has 0 saturated carbocycles. The van der Waals surface area contributed by atoms with Gasteiger partial charge in [-0.3, -0.25) is 14.7 Å². The van der Waals surface area contributed by atoms with Gasteiger partial charge in [0.25, 0.3) is 5.56 Å². The molecule has 1 aliphatic rings. The molecule has 0 bridgehead atoms. The number of anilines is 1. The van der Waals surface area contributed by atoms with Crippen LogP contribution in [0.2, 0.25) is 0 Å². The van der Waals surface area contributed by atoms with Gasteiger partial charge in [-0.15, -0.1) is 0 Å². The van der Waals surface area contributed by atoms with Gasteiger partial charge in [-0.25, -0.2) is 4.98 Å². The van der Waals surface area contributed by atoms with Crippen LogP contribution in [0.25, 0.3) is 22.2 Å². The van der Waals surface area contributed by atoms with E-state index in [1.807, 2.05) is 36.4 Å². The summed E-state index contributed by atoms with van der Waals surface area (Å²) in [5, 5.41) is 3.71. The molecular formula is C19H21N5O2. The van der Waals surface area contributed by atoms with Gasteiger partial charge in [0, 0.05) is 32.4 Å². The number of benzene rings is 1. The molecule has 4 rings (SSSR count). The third-order valence-corrected chi connectivity index (χ3v) is 4.52. The minimum Gasteiger partial charge on any atom is -0.379 e. The smallest absolute Gasteiger partial charge is 0.262 e. The number of hydrogen-bond acceptors (Lipinski definition) is 6. The Bertz CT molecular complexity index is 936. The van der Waals surface area contributed by atoms with Crippen molar-refractivity contribution in [1.82, 2.24) is 19.9 Å². The minimum absolute atomic E-state index is 0.184. The van der Waals surface area contributed by atoms with Crippen molar-refractivity contribution < 1.29 is 4.74 Å². The summed E-state index contributed by atoms with van der Waals surface area (Å²) in [6, 6.07) is 11.6. The highest BCUT2D eigenvalue weighted by molar-refractivity contribution is 5.92. The van der Waals surface area contributed by atoms with Crippen molar-refractivity contribution in [3.8, 4) is 11.1 Å². The largest absolute Gasteiger partial charge is 0.379 e. The first-order valence-corrected chi connectivity index (χ1v) is 8.80. The topological polar surface area (TPSA) is 83.1 Å². The number of nitrogens with zero attached hydrogens (tertiary/aromatic N) is 3. The van der Waals surface area contributed by atoms with E-state index in [-0.39, 0.29) is 5.56 Å². The lowest BCUT2D eigenvalue weighted by Crippen LogP contribution is -2.39. The fourth-order valence-electron chi connectivity index (χ4n) is 3.16. The molecule has 3 heterocycles. The third kappa shape index (κ3) is 3.58. The van der Waals surface area contributed by atoms with Crippen LogP contribution < -0.4 is 10.9 Å². The van der Waals surface area contributed by atoms with Crippen molar-refractivity contribution in [3.05, 3.63) is 52.9 Å². The predicted octanol–water partition coefficient (Wildman–Crippen LogP) is 1.73. The van der Waals surface area contributed by atoms with Crippen molar-refractivity contribution in [1.29, 1.82) is 0 Å². The van der Waals surface area contributed by atoms with Gasteiger partial charge in [-0.05, 0) is 17.2 Å². The Morgan fingerprint density at radius 1 is 1.15 bits per heavy atom. The lowest BCUT2D eigenvalue weighted by atomic mass is 10.0. The monoisotopic (exact) mass is 351 g/mol. The second-order valence-corrected chi connectivity index (χ2v) is 6.22. The van der Waals surface area contributed by atoms with Gasteiger partial charge in [0.15, 0.2) is 5.65 Å². The van der Waals surface area contributed by atoms with Crippen LogP contribution in [0.5, 0.6) is 0 Å². The zero-order valence-corrected chi connectivity index (χ0v) is 14.4. The molecule has 26 heavy (non-hydrogen) atoms. The summed E-state index contributed by atoms with van der Waals surface area (Å²) in [7, 11) is 0. The van der Waals surface area contributed by atoms with E-state index in [0.29, 0.717) is 23.5 Å². The number of hydrogen-bond donors (Lipinski definition) is 2. The van der Waals surface area contributed by atoms with Crippen molar-refractivity contribution in [2.24, 2.45) is 0 Å². The molecule has 0 radical (unpaired) electrons. The molecule has 0 unspecified atom stereocenters. The molecule has 0 spiro atoms. The number of aromatic nitrogens is 3. The second-order valence-electron chi connectivity index (χ2n) is 6.22. The summed E-state index contributed by atoms with van der Waals surface area (Å²) in [6.07, 6.45) is 1.69. The van der Waals surface area contributed by atoms with Crippen molar-refractivity contribution in [2.45, 2.75) is 0 Å². The Balaban J connectivity index is 1.56. The van der Waals surface area contributed by atoms with Crippen LogP contribution in [-0.2, 0) is 4.74 Å². The maximum atomic E-state index is 12.7. The van der Waals surface area contributed by atoms with Gasteiger partial charge in [0.2, 0.25) is 5.95 Å². The standard InChI is InChI=1S/C19H21N5O2/c25-18-16-15(14-4-2-1-3-5-14)6-7-20-17(16)22-19(23-18)21-8-9-24-10-12-26-13-11-24/h1-7H,8-13H2,(H2,20,21,22,23,25). The molecule has 0 amide bonds. The van der Waals surface area contributed by atoms with E-state index in [0.717, 1.165) is 44.0 Å². The third-order valence-electron chi connectivity index (χ3n) is 4.52. The van der Waals surface area contributed by atoms with E-state index in [9.17, 15) is 4.79 Å². The van der Waals surface area contributed by atoms with Crippen LogP contribution in [0.4, 0.5) is 5.95 Å². The number of rotatable bonds is 5. The summed E-state index contributed by atoms with van der Waals surface area (Å²) < 4.78 is 5.35. The van der Waals surface area contributed by atoms with Crippen LogP contribution in [0, 0.1) is 0 Å². The Hall–Kier alpha value is -2.77. The first-order chi connectivity index (χ1) is 12.8. The van der Waals surface area contributed by atoms with E-state index >= 15 is 0 Å². The number of morpholine rings is 1. The fraction of sp³-hybridized carbons (Fsp3) is 0.316. The summed E-state index contributed by atoms with van der Waals surface area (Å²) in [5.74, 6) is 0.452. The average molecular weight is 351 g/mol. The number of pyridine rings is 1. The zero-order valence-electron chi connectivity index (χ0n) is 14.4. The Morgan fingerprint density at radius 2 is 1.96 bits per heavy atom. The number of ether oxygens (including phenoxy) is 1. The van der Waals surface area contributed by atoms with E-state index < -0.39 is 0 Å². The van der Waals surface area contributed by atoms with E-state index in [2.05, 4.69) is 25.2 Å². The molecule has 134 valence electrons. The molecule has 1 fully saturated rings. The minimum atomic E-state index is -0.184.